The Labute approximate surface area is 155 Å². The van der Waals surface area contributed by atoms with Crippen LogP contribution in [0, 0.1) is 13.8 Å². The summed E-state index contributed by atoms with van der Waals surface area (Å²) in [6.07, 6.45) is 1.69. The second kappa shape index (κ2) is 7.84. The number of benzene rings is 1. The summed E-state index contributed by atoms with van der Waals surface area (Å²) in [6, 6.07) is 10.3. The van der Waals surface area contributed by atoms with Crippen LogP contribution in [0.4, 0.5) is 0 Å². The number of hydrogen-bond acceptors (Lipinski definition) is 5. The highest BCUT2D eigenvalue weighted by molar-refractivity contribution is 7.99. The minimum absolute atomic E-state index is 0.0129. The molecular weight excluding hydrogens is 352 g/mol. The standard InChI is InChI=1S/C18H20N4OS2/c1-12-6-7-15(13(2)9-12)22-11-19-21-18(22)25-10-17(23)20-14(3)16-5-4-8-24-16/h4-9,11,14H,10H2,1-3H3,(H,20,23). The molecule has 1 aromatic carbocycles. The molecule has 130 valence electrons. The van der Waals surface area contributed by atoms with Crippen LogP contribution in [0.15, 0.2) is 47.2 Å². The van der Waals surface area contributed by atoms with Crippen molar-refractivity contribution in [1.82, 2.24) is 20.1 Å². The van der Waals surface area contributed by atoms with E-state index >= 15 is 0 Å². The zero-order chi connectivity index (χ0) is 17.8. The van der Waals surface area contributed by atoms with E-state index in [4.69, 9.17) is 0 Å². The number of aromatic nitrogens is 3. The molecule has 0 fully saturated rings. The van der Waals surface area contributed by atoms with E-state index in [2.05, 4.69) is 47.6 Å². The first-order valence-electron chi connectivity index (χ1n) is 7.98. The third-order valence-corrected chi connectivity index (χ3v) is 5.81. The maximum atomic E-state index is 12.2. The quantitative estimate of drug-likeness (QED) is 0.667. The van der Waals surface area contributed by atoms with Crippen LogP contribution in [0.3, 0.4) is 0 Å². The summed E-state index contributed by atoms with van der Waals surface area (Å²) in [5.41, 5.74) is 3.40. The van der Waals surface area contributed by atoms with E-state index in [9.17, 15) is 4.79 Å². The van der Waals surface area contributed by atoms with Crippen LogP contribution in [-0.2, 0) is 4.79 Å². The molecule has 3 aromatic rings. The minimum atomic E-state index is -0.0129. The molecule has 1 amide bonds. The first-order valence-corrected chi connectivity index (χ1v) is 9.84. The Kier molecular flexibility index (Phi) is 5.55. The average molecular weight is 373 g/mol. The van der Waals surface area contributed by atoms with E-state index in [-0.39, 0.29) is 11.9 Å². The van der Waals surface area contributed by atoms with Crippen molar-refractivity contribution in [2.24, 2.45) is 0 Å². The van der Waals surface area contributed by atoms with Gasteiger partial charge in [-0.1, -0.05) is 35.5 Å². The van der Waals surface area contributed by atoms with E-state index in [0.717, 1.165) is 16.1 Å². The molecule has 0 radical (unpaired) electrons. The van der Waals surface area contributed by atoms with Crippen molar-refractivity contribution >= 4 is 29.0 Å². The van der Waals surface area contributed by atoms with E-state index in [1.165, 1.54) is 17.3 Å². The third kappa shape index (κ3) is 4.29. The fourth-order valence-corrected chi connectivity index (χ4v) is 4.05. The molecule has 0 aliphatic heterocycles. The van der Waals surface area contributed by atoms with Crippen LogP contribution >= 0.6 is 23.1 Å². The molecule has 0 bridgehead atoms. The number of thiophene rings is 1. The number of aryl methyl sites for hydroxylation is 2. The topological polar surface area (TPSA) is 59.8 Å². The lowest BCUT2D eigenvalue weighted by Crippen LogP contribution is -2.27. The van der Waals surface area contributed by atoms with Gasteiger partial charge in [-0.25, -0.2) is 0 Å². The molecule has 1 unspecified atom stereocenters. The fourth-order valence-electron chi connectivity index (χ4n) is 2.59. The SMILES string of the molecule is Cc1ccc(-n2cnnc2SCC(=O)NC(C)c2cccs2)c(C)c1. The smallest absolute Gasteiger partial charge is 0.230 e. The number of hydrogen-bond donors (Lipinski definition) is 1. The third-order valence-electron chi connectivity index (χ3n) is 3.81. The number of carbonyl (C=O) groups is 1. The molecule has 0 aliphatic carbocycles. The largest absolute Gasteiger partial charge is 0.348 e. The highest BCUT2D eigenvalue weighted by Crippen LogP contribution is 2.23. The Balaban J connectivity index is 1.64. The van der Waals surface area contributed by atoms with Crippen LogP contribution in [0.5, 0.6) is 0 Å². The van der Waals surface area contributed by atoms with Gasteiger partial charge in [-0.2, -0.15) is 0 Å². The van der Waals surface area contributed by atoms with Gasteiger partial charge in [0.2, 0.25) is 5.91 Å². The van der Waals surface area contributed by atoms with Gasteiger partial charge >= 0.3 is 0 Å². The Bertz CT molecular complexity index is 858. The van der Waals surface area contributed by atoms with E-state index in [1.807, 2.05) is 29.0 Å². The summed E-state index contributed by atoms with van der Waals surface area (Å²) in [5.74, 6) is 0.292. The number of thioether (sulfide) groups is 1. The summed E-state index contributed by atoms with van der Waals surface area (Å²) in [6.45, 7) is 6.12. The van der Waals surface area contributed by atoms with Crippen molar-refractivity contribution in [2.75, 3.05) is 5.75 Å². The second-order valence-electron chi connectivity index (χ2n) is 5.87. The van der Waals surface area contributed by atoms with Gasteiger partial charge in [0.05, 0.1) is 17.5 Å². The molecule has 3 rings (SSSR count). The monoisotopic (exact) mass is 372 g/mol. The zero-order valence-electron chi connectivity index (χ0n) is 14.4. The summed E-state index contributed by atoms with van der Waals surface area (Å²) in [5, 5.41) is 13.9. The van der Waals surface area contributed by atoms with Gasteiger partial charge in [-0.05, 0) is 43.8 Å². The number of rotatable bonds is 6. The van der Waals surface area contributed by atoms with Gasteiger partial charge in [-0.15, -0.1) is 21.5 Å². The van der Waals surface area contributed by atoms with Gasteiger partial charge in [-0.3, -0.25) is 9.36 Å². The molecule has 0 aliphatic rings. The molecule has 0 saturated carbocycles. The Morgan fingerprint density at radius 3 is 2.92 bits per heavy atom. The summed E-state index contributed by atoms with van der Waals surface area (Å²) in [4.78, 5) is 13.4. The molecular formula is C18H20N4OS2. The maximum Gasteiger partial charge on any atom is 0.230 e. The molecule has 1 N–H and O–H groups in total. The van der Waals surface area contributed by atoms with Crippen molar-refractivity contribution in [3.05, 3.63) is 58.0 Å². The number of amides is 1. The van der Waals surface area contributed by atoms with Gasteiger partial charge < -0.3 is 5.32 Å². The van der Waals surface area contributed by atoms with E-state index in [1.54, 1.807) is 17.7 Å². The maximum absolute atomic E-state index is 12.2. The zero-order valence-corrected chi connectivity index (χ0v) is 16.0. The predicted molar refractivity (Wildman–Crippen MR) is 102 cm³/mol. The van der Waals surface area contributed by atoms with E-state index in [0.29, 0.717) is 10.9 Å². The molecule has 7 heteroatoms. The van der Waals surface area contributed by atoms with Crippen molar-refractivity contribution in [1.29, 1.82) is 0 Å². The number of carbonyl (C=O) groups excluding carboxylic acids is 1. The van der Waals surface area contributed by atoms with Crippen LogP contribution < -0.4 is 5.32 Å². The first kappa shape index (κ1) is 17.7. The number of nitrogens with zero attached hydrogens (tertiary/aromatic N) is 3. The molecule has 25 heavy (non-hydrogen) atoms. The first-order chi connectivity index (χ1) is 12.0. The summed E-state index contributed by atoms with van der Waals surface area (Å²) in [7, 11) is 0. The summed E-state index contributed by atoms with van der Waals surface area (Å²) < 4.78 is 1.93. The van der Waals surface area contributed by atoms with Gasteiger partial charge in [0.1, 0.15) is 6.33 Å². The van der Waals surface area contributed by atoms with Gasteiger partial charge in [0.25, 0.3) is 0 Å². The predicted octanol–water partition coefficient (Wildman–Crippen LogP) is 3.92. The van der Waals surface area contributed by atoms with Crippen LogP contribution in [-0.4, -0.2) is 26.4 Å². The molecule has 2 heterocycles. The Morgan fingerprint density at radius 1 is 1.36 bits per heavy atom. The van der Waals surface area contributed by atoms with Crippen LogP contribution in [0.25, 0.3) is 5.69 Å². The molecule has 0 saturated heterocycles. The lowest BCUT2D eigenvalue weighted by atomic mass is 10.1. The lowest BCUT2D eigenvalue weighted by molar-refractivity contribution is -0.119. The van der Waals surface area contributed by atoms with Crippen molar-refractivity contribution < 1.29 is 4.79 Å². The number of nitrogens with one attached hydrogen (secondary N) is 1. The second-order valence-corrected chi connectivity index (χ2v) is 7.79. The van der Waals surface area contributed by atoms with Crippen molar-refractivity contribution in [2.45, 2.75) is 32.0 Å². The molecule has 1 atom stereocenters. The lowest BCUT2D eigenvalue weighted by Gasteiger charge is -2.12. The van der Waals surface area contributed by atoms with Crippen LogP contribution in [0.1, 0.15) is 29.0 Å². The van der Waals surface area contributed by atoms with Gasteiger partial charge in [0, 0.05) is 4.88 Å². The average Bonchev–Trinajstić information content (AvgIpc) is 3.25. The minimum Gasteiger partial charge on any atom is -0.348 e. The van der Waals surface area contributed by atoms with Crippen molar-refractivity contribution in [3.8, 4) is 5.69 Å². The van der Waals surface area contributed by atoms with Crippen LogP contribution in [0.2, 0.25) is 0 Å². The normalized spacial score (nSPS) is 12.1. The van der Waals surface area contributed by atoms with E-state index < -0.39 is 0 Å². The molecule has 2 aromatic heterocycles. The molecule has 5 nitrogen and oxygen atoms in total. The Morgan fingerprint density at radius 2 is 2.20 bits per heavy atom. The Hall–Kier alpha value is -2.12. The highest BCUT2D eigenvalue weighted by Gasteiger charge is 2.14. The highest BCUT2D eigenvalue weighted by atomic mass is 32.2. The summed E-state index contributed by atoms with van der Waals surface area (Å²) >= 11 is 3.03. The van der Waals surface area contributed by atoms with Gasteiger partial charge in [0.15, 0.2) is 5.16 Å². The fraction of sp³-hybridized carbons (Fsp3) is 0.278. The van der Waals surface area contributed by atoms with Crippen molar-refractivity contribution in [3.63, 3.8) is 0 Å². The molecule has 0 spiro atoms.